The van der Waals surface area contributed by atoms with Crippen LogP contribution in [-0.2, 0) is 0 Å². The molecule has 2 rings (SSSR count). The molecule has 1 N–H and O–H groups in total. The molecule has 0 saturated carbocycles. The van der Waals surface area contributed by atoms with Gasteiger partial charge < -0.3 is 14.6 Å². The maximum absolute atomic E-state index is 9.12. The highest BCUT2D eigenvalue weighted by atomic mass is 79.9. The van der Waals surface area contributed by atoms with E-state index in [4.69, 9.17) is 22.4 Å². The Bertz CT molecular complexity index is 326. The zero-order chi connectivity index (χ0) is 8.77. The number of rotatable bonds is 0. The van der Waals surface area contributed by atoms with E-state index in [1.165, 1.54) is 0 Å². The van der Waals surface area contributed by atoms with E-state index >= 15 is 0 Å². The van der Waals surface area contributed by atoms with Gasteiger partial charge >= 0.3 is 5.87 Å². The fourth-order valence-electron chi connectivity index (χ4n) is 0.982. The largest absolute Gasteiger partial charge is 0.435 e. The molecule has 1 aliphatic rings. The van der Waals surface area contributed by atoms with Gasteiger partial charge in [0.2, 0.25) is 7.85 Å². The van der Waals surface area contributed by atoms with E-state index in [9.17, 15) is 0 Å². The standard InChI is InChI=1S/C7H4BBrO3/c8-7(10)11-5-2-1-4(9)3-6(5)12-7/h1-3,10H. The van der Waals surface area contributed by atoms with E-state index in [-0.39, 0.29) is 0 Å². The minimum atomic E-state index is -2.02. The lowest BCUT2D eigenvalue weighted by Crippen LogP contribution is -2.38. The number of benzene rings is 1. The summed E-state index contributed by atoms with van der Waals surface area (Å²) in [5, 5.41) is 9.12. The molecule has 1 atom stereocenters. The summed E-state index contributed by atoms with van der Waals surface area (Å²) in [5.74, 6) is -1.17. The van der Waals surface area contributed by atoms with Crippen molar-refractivity contribution >= 4 is 23.8 Å². The molecule has 5 heteroatoms. The van der Waals surface area contributed by atoms with Crippen molar-refractivity contribution in [2.24, 2.45) is 0 Å². The van der Waals surface area contributed by atoms with Gasteiger partial charge in [0.25, 0.3) is 0 Å². The molecule has 1 aromatic rings. The molecule has 0 aromatic heterocycles. The van der Waals surface area contributed by atoms with Crippen LogP contribution in [-0.4, -0.2) is 18.8 Å². The van der Waals surface area contributed by atoms with Crippen LogP contribution in [0.25, 0.3) is 0 Å². The van der Waals surface area contributed by atoms with Gasteiger partial charge in [0, 0.05) is 4.47 Å². The predicted octanol–water partition coefficient (Wildman–Crippen LogP) is 0.992. The Hall–Kier alpha value is -0.675. The quantitative estimate of drug-likeness (QED) is 0.671. The van der Waals surface area contributed by atoms with Crippen molar-refractivity contribution in [1.29, 1.82) is 0 Å². The minimum absolute atomic E-state index is 0.425. The molecule has 0 fully saturated rings. The molecule has 1 aromatic carbocycles. The summed E-state index contributed by atoms with van der Waals surface area (Å²) in [4.78, 5) is 0. The molecule has 0 amide bonds. The first-order valence-corrected chi connectivity index (χ1v) is 4.05. The van der Waals surface area contributed by atoms with Gasteiger partial charge in [0.15, 0.2) is 11.5 Å². The molecular weight excluding hydrogens is 223 g/mol. The van der Waals surface area contributed by atoms with Crippen LogP contribution in [0.2, 0.25) is 0 Å². The average Bonchev–Trinajstić information content (AvgIpc) is 2.21. The average molecular weight is 227 g/mol. The van der Waals surface area contributed by atoms with Crippen molar-refractivity contribution in [3.8, 4) is 11.5 Å². The van der Waals surface area contributed by atoms with Crippen LogP contribution in [0.4, 0.5) is 0 Å². The second-order valence-electron chi connectivity index (χ2n) is 2.43. The van der Waals surface area contributed by atoms with Crippen molar-refractivity contribution in [3.63, 3.8) is 0 Å². The fourth-order valence-corrected chi connectivity index (χ4v) is 1.32. The van der Waals surface area contributed by atoms with Gasteiger partial charge in [-0.2, -0.15) is 0 Å². The Morgan fingerprint density at radius 1 is 1.33 bits per heavy atom. The van der Waals surface area contributed by atoms with E-state index in [1.54, 1.807) is 18.2 Å². The fraction of sp³-hybridized carbons (Fsp3) is 0.143. The predicted molar refractivity (Wildman–Crippen MR) is 46.1 cm³/mol. The Morgan fingerprint density at radius 3 is 2.75 bits per heavy atom. The monoisotopic (exact) mass is 226 g/mol. The highest BCUT2D eigenvalue weighted by Gasteiger charge is 2.33. The number of halogens is 1. The molecule has 1 aliphatic heterocycles. The van der Waals surface area contributed by atoms with Gasteiger partial charge in [-0.15, -0.1) is 0 Å². The number of aliphatic hydroxyl groups is 1. The zero-order valence-corrected chi connectivity index (χ0v) is 7.54. The third kappa shape index (κ3) is 1.30. The second kappa shape index (κ2) is 2.40. The van der Waals surface area contributed by atoms with Crippen LogP contribution < -0.4 is 9.47 Å². The van der Waals surface area contributed by atoms with Gasteiger partial charge in [-0.05, 0) is 18.2 Å². The van der Waals surface area contributed by atoms with Crippen LogP contribution in [0.1, 0.15) is 0 Å². The number of hydrogen-bond acceptors (Lipinski definition) is 3. The van der Waals surface area contributed by atoms with Crippen molar-refractivity contribution in [3.05, 3.63) is 22.7 Å². The lowest BCUT2D eigenvalue weighted by Gasteiger charge is -2.15. The summed E-state index contributed by atoms with van der Waals surface area (Å²) in [5.41, 5.74) is 0. The minimum Gasteiger partial charge on any atom is -0.435 e. The van der Waals surface area contributed by atoms with Crippen LogP contribution >= 0.6 is 15.9 Å². The molecule has 0 aliphatic carbocycles. The lowest BCUT2D eigenvalue weighted by atomic mass is 10.1. The summed E-state index contributed by atoms with van der Waals surface area (Å²) in [6, 6.07) is 5.09. The first kappa shape index (κ1) is 7.95. The van der Waals surface area contributed by atoms with Gasteiger partial charge in [-0.1, -0.05) is 15.9 Å². The smallest absolute Gasteiger partial charge is 0.302 e. The second-order valence-corrected chi connectivity index (χ2v) is 3.34. The third-order valence-corrected chi connectivity index (χ3v) is 1.91. The molecule has 1 unspecified atom stereocenters. The molecule has 12 heavy (non-hydrogen) atoms. The van der Waals surface area contributed by atoms with Crippen LogP contribution in [0.3, 0.4) is 0 Å². The van der Waals surface area contributed by atoms with Crippen LogP contribution in [0.5, 0.6) is 11.5 Å². The normalized spacial score (nSPS) is 25.8. The number of ether oxygens (including phenoxy) is 2. The molecular formula is C7H4BBrO3. The van der Waals surface area contributed by atoms with Crippen molar-refractivity contribution in [1.82, 2.24) is 0 Å². The molecule has 0 saturated heterocycles. The molecule has 0 bridgehead atoms. The van der Waals surface area contributed by atoms with Gasteiger partial charge in [-0.3, -0.25) is 0 Å². The summed E-state index contributed by atoms with van der Waals surface area (Å²) < 4.78 is 10.5. The maximum atomic E-state index is 9.12. The Labute approximate surface area is 78.8 Å². The van der Waals surface area contributed by atoms with Gasteiger partial charge in [0.05, 0.1) is 0 Å². The Balaban J connectivity index is 2.43. The van der Waals surface area contributed by atoms with Crippen molar-refractivity contribution < 1.29 is 14.6 Å². The van der Waals surface area contributed by atoms with E-state index in [2.05, 4.69) is 15.9 Å². The summed E-state index contributed by atoms with van der Waals surface area (Å²) in [6.45, 7) is 0. The summed E-state index contributed by atoms with van der Waals surface area (Å²) >= 11 is 3.24. The van der Waals surface area contributed by atoms with Crippen LogP contribution in [0.15, 0.2) is 22.7 Å². The first-order chi connectivity index (χ1) is 5.57. The van der Waals surface area contributed by atoms with E-state index in [1.807, 2.05) is 0 Å². The summed E-state index contributed by atoms with van der Waals surface area (Å²) in [7, 11) is 5.17. The van der Waals surface area contributed by atoms with Gasteiger partial charge in [-0.25, -0.2) is 0 Å². The Morgan fingerprint density at radius 2 is 2.00 bits per heavy atom. The molecule has 3 nitrogen and oxygen atoms in total. The van der Waals surface area contributed by atoms with Crippen molar-refractivity contribution in [2.75, 3.05) is 0 Å². The molecule has 2 radical (unpaired) electrons. The molecule has 60 valence electrons. The third-order valence-electron chi connectivity index (χ3n) is 1.42. The van der Waals surface area contributed by atoms with Gasteiger partial charge in [0.1, 0.15) is 0 Å². The zero-order valence-electron chi connectivity index (χ0n) is 5.95. The topological polar surface area (TPSA) is 38.7 Å². The first-order valence-electron chi connectivity index (χ1n) is 3.26. The molecule has 0 spiro atoms. The number of fused-ring (bicyclic) bond motifs is 1. The van der Waals surface area contributed by atoms with E-state index in [0.29, 0.717) is 11.5 Å². The van der Waals surface area contributed by atoms with E-state index in [0.717, 1.165) is 4.47 Å². The van der Waals surface area contributed by atoms with E-state index < -0.39 is 5.87 Å². The maximum Gasteiger partial charge on any atom is 0.302 e. The lowest BCUT2D eigenvalue weighted by molar-refractivity contribution is -0.178. The van der Waals surface area contributed by atoms with Crippen LogP contribution in [0, 0.1) is 0 Å². The summed E-state index contributed by atoms with van der Waals surface area (Å²) in [6.07, 6.45) is 0. The van der Waals surface area contributed by atoms with Crippen molar-refractivity contribution in [2.45, 2.75) is 5.87 Å². The number of hydrogen-bond donors (Lipinski definition) is 1. The highest BCUT2D eigenvalue weighted by Crippen LogP contribution is 2.38. The SMILES string of the molecule is [B]C1(O)Oc2ccc(Br)cc2O1. The molecule has 1 heterocycles. The Kier molecular flexibility index (Phi) is 1.59. The highest BCUT2D eigenvalue weighted by molar-refractivity contribution is 9.10.